The lowest BCUT2D eigenvalue weighted by atomic mass is 9.89. The molecule has 3 rings (SSSR count). The van der Waals surface area contributed by atoms with Gasteiger partial charge in [-0.2, -0.15) is 0 Å². The highest BCUT2D eigenvalue weighted by Gasteiger charge is 2.25. The Hall–Kier alpha value is -1.75. The number of carboxylic acid groups (broad SMARTS) is 1. The first-order chi connectivity index (χ1) is 13.1. The fourth-order valence-electron chi connectivity index (χ4n) is 4.36. The first-order valence-electron chi connectivity index (χ1n) is 10.6. The monoisotopic (exact) mass is 372 g/mol. The highest BCUT2D eigenvalue weighted by molar-refractivity contribution is 5.81. The van der Waals surface area contributed by atoms with Crippen LogP contribution in [0.2, 0.25) is 0 Å². The maximum atomic E-state index is 12.4. The van der Waals surface area contributed by atoms with Crippen molar-refractivity contribution >= 4 is 11.8 Å². The number of hydrogen-bond donors (Lipinski definition) is 1. The normalized spacial score (nSPS) is 18.2. The van der Waals surface area contributed by atoms with E-state index in [4.69, 9.17) is 10.1 Å². The first-order valence-corrected chi connectivity index (χ1v) is 10.6. The molecule has 27 heavy (non-hydrogen) atoms. The zero-order valence-corrected chi connectivity index (χ0v) is 16.3. The standard InChI is InChI=1S/C22H32N2O3/c25-21(18-12-14-24(15-13-18)16-22(26)27)9-3-1-2-7-19-11-10-17-6-4-5-8-20(17)23-19/h10-11,18H,1-9,12-16H2,(H,26,27). The molecule has 1 aromatic heterocycles. The van der Waals surface area contributed by atoms with Crippen LogP contribution < -0.4 is 0 Å². The van der Waals surface area contributed by atoms with Crippen molar-refractivity contribution in [2.75, 3.05) is 19.6 Å². The van der Waals surface area contributed by atoms with E-state index in [1.165, 1.54) is 36.2 Å². The number of pyridine rings is 1. The number of unbranched alkanes of at least 4 members (excludes halogenated alkanes) is 2. The van der Waals surface area contributed by atoms with Crippen molar-refractivity contribution in [3.8, 4) is 0 Å². The number of rotatable bonds is 9. The summed E-state index contributed by atoms with van der Waals surface area (Å²) in [4.78, 5) is 29.9. The molecule has 1 aliphatic heterocycles. The molecule has 148 valence electrons. The lowest BCUT2D eigenvalue weighted by Gasteiger charge is -2.29. The number of nitrogens with zero attached hydrogens (tertiary/aromatic N) is 2. The molecule has 2 heterocycles. The third kappa shape index (κ3) is 6.13. The van der Waals surface area contributed by atoms with Gasteiger partial charge >= 0.3 is 5.97 Å². The van der Waals surface area contributed by atoms with Gasteiger partial charge in [-0.15, -0.1) is 0 Å². The van der Waals surface area contributed by atoms with Gasteiger partial charge in [-0.05, 0) is 82.5 Å². The summed E-state index contributed by atoms with van der Waals surface area (Å²) in [5.74, 6) is -0.276. The first kappa shape index (κ1) is 20.0. The highest BCUT2D eigenvalue weighted by Crippen LogP contribution is 2.22. The molecule has 1 saturated heterocycles. The van der Waals surface area contributed by atoms with E-state index in [0.717, 1.165) is 58.0 Å². The van der Waals surface area contributed by atoms with E-state index < -0.39 is 5.97 Å². The van der Waals surface area contributed by atoms with Crippen LogP contribution in [0.5, 0.6) is 0 Å². The van der Waals surface area contributed by atoms with Crippen molar-refractivity contribution in [3.05, 3.63) is 29.1 Å². The lowest BCUT2D eigenvalue weighted by molar-refractivity contribution is -0.138. The van der Waals surface area contributed by atoms with Gasteiger partial charge in [0.1, 0.15) is 5.78 Å². The smallest absolute Gasteiger partial charge is 0.317 e. The maximum absolute atomic E-state index is 12.4. The van der Waals surface area contributed by atoms with Gasteiger partial charge in [0.15, 0.2) is 0 Å². The Kier molecular flexibility index (Phi) is 7.39. The van der Waals surface area contributed by atoms with Crippen LogP contribution >= 0.6 is 0 Å². The number of hydrogen-bond acceptors (Lipinski definition) is 4. The molecule has 2 aliphatic rings. The average Bonchev–Trinajstić information content (AvgIpc) is 2.67. The molecule has 1 aromatic rings. The number of aromatic nitrogens is 1. The molecule has 0 bridgehead atoms. The molecule has 5 nitrogen and oxygen atoms in total. The molecule has 0 radical (unpaired) electrons. The fourth-order valence-corrected chi connectivity index (χ4v) is 4.36. The average molecular weight is 373 g/mol. The van der Waals surface area contributed by atoms with Gasteiger partial charge in [0, 0.05) is 23.7 Å². The molecule has 1 aliphatic carbocycles. The topological polar surface area (TPSA) is 70.5 Å². The predicted molar refractivity (Wildman–Crippen MR) is 105 cm³/mol. The number of carboxylic acids is 1. The number of likely N-dealkylation sites (tertiary alicyclic amines) is 1. The minimum Gasteiger partial charge on any atom is -0.480 e. The molecular formula is C22H32N2O3. The minimum absolute atomic E-state index is 0.0949. The summed E-state index contributed by atoms with van der Waals surface area (Å²) in [7, 11) is 0. The molecule has 0 amide bonds. The second-order valence-corrected chi connectivity index (χ2v) is 8.09. The number of piperidine rings is 1. The Morgan fingerprint density at radius 1 is 1.07 bits per heavy atom. The second-order valence-electron chi connectivity index (χ2n) is 8.09. The van der Waals surface area contributed by atoms with E-state index >= 15 is 0 Å². The van der Waals surface area contributed by atoms with Gasteiger partial charge < -0.3 is 5.11 Å². The highest BCUT2D eigenvalue weighted by atomic mass is 16.4. The van der Waals surface area contributed by atoms with Crippen LogP contribution in [-0.2, 0) is 28.9 Å². The van der Waals surface area contributed by atoms with E-state index in [-0.39, 0.29) is 12.5 Å². The summed E-state index contributed by atoms with van der Waals surface area (Å²) in [6, 6.07) is 4.44. The predicted octanol–water partition coefficient (Wildman–Crippen LogP) is 3.43. The van der Waals surface area contributed by atoms with Gasteiger partial charge in [-0.3, -0.25) is 19.5 Å². The summed E-state index contributed by atoms with van der Waals surface area (Å²) in [5.41, 5.74) is 3.95. The number of fused-ring (bicyclic) bond motifs is 1. The fraction of sp³-hybridized carbons (Fsp3) is 0.682. The van der Waals surface area contributed by atoms with Crippen LogP contribution in [-0.4, -0.2) is 46.4 Å². The van der Waals surface area contributed by atoms with Crippen molar-refractivity contribution in [1.82, 2.24) is 9.88 Å². The summed E-state index contributed by atoms with van der Waals surface area (Å²) in [5, 5.41) is 8.84. The van der Waals surface area contributed by atoms with Gasteiger partial charge in [0.25, 0.3) is 0 Å². The quantitative estimate of drug-likeness (QED) is 0.673. The molecule has 0 unspecified atom stereocenters. The van der Waals surface area contributed by atoms with Crippen LogP contribution in [0.3, 0.4) is 0 Å². The number of carbonyl (C=O) groups excluding carboxylic acids is 1. The summed E-state index contributed by atoms with van der Waals surface area (Å²) in [6.45, 7) is 1.55. The zero-order valence-electron chi connectivity index (χ0n) is 16.3. The van der Waals surface area contributed by atoms with Crippen molar-refractivity contribution in [2.24, 2.45) is 5.92 Å². The van der Waals surface area contributed by atoms with E-state index in [0.29, 0.717) is 12.2 Å². The summed E-state index contributed by atoms with van der Waals surface area (Å²) >= 11 is 0. The maximum Gasteiger partial charge on any atom is 0.317 e. The molecule has 0 spiro atoms. The number of aryl methyl sites for hydroxylation is 3. The number of carbonyl (C=O) groups is 2. The molecular weight excluding hydrogens is 340 g/mol. The van der Waals surface area contributed by atoms with Crippen molar-refractivity contribution in [2.45, 2.75) is 70.6 Å². The Morgan fingerprint density at radius 2 is 1.85 bits per heavy atom. The summed E-state index contributed by atoms with van der Waals surface area (Å²) < 4.78 is 0. The molecule has 0 aromatic carbocycles. The molecule has 1 fully saturated rings. The van der Waals surface area contributed by atoms with E-state index in [1.54, 1.807) is 0 Å². The van der Waals surface area contributed by atoms with Crippen LogP contribution in [0.25, 0.3) is 0 Å². The van der Waals surface area contributed by atoms with Crippen molar-refractivity contribution in [1.29, 1.82) is 0 Å². The number of aliphatic carboxylic acids is 1. The van der Waals surface area contributed by atoms with Crippen molar-refractivity contribution in [3.63, 3.8) is 0 Å². The Bertz CT molecular complexity index is 651. The van der Waals surface area contributed by atoms with Crippen molar-refractivity contribution < 1.29 is 14.7 Å². The lowest BCUT2D eigenvalue weighted by Crippen LogP contribution is -2.39. The Labute approximate surface area is 162 Å². The third-order valence-corrected chi connectivity index (χ3v) is 5.99. The molecule has 5 heteroatoms. The second kappa shape index (κ2) is 9.98. The zero-order chi connectivity index (χ0) is 19.1. The van der Waals surface area contributed by atoms with Crippen LogP contribution in [0.4, 0.5) is 0 Å². The summed E-state index contributed by atoms with van der Waals surface area (Å²) in [6.07, 6.45) is 11.3. The van der Waals surface area contributed by atoms with Crippen LogP contribution in [0.1, 0.15) is 68.3 Å². The number of ketones is 1. The minimum atomic E-state index is -0.784. The van der Waals surface area contributed by atoms with Crippen LogP contribution in [0, 0.1) is 5.92 Å². The van der Waals surface area contributed by atoms with Gasteiger partial charge in [0.2, 0.25) is 0 Å². The molecule has 0 saturated carbocycles. The van der Waals surface area contributed by atoms with E-state index in [2.05, 4.69) is 12.1 Å². The Balaban J connectivity index is 1.30. The molecule has 1 N–H and O–H groups in total. The largest absolute Gasteiger partial charge is 0.480 e. The van der Waals surface area contributed by atoms with E-state index in [9.17, 15) is 9.59 Å². The number of Topliss-reactive ketones (excluding diaryl/α,β-unsaturated/α-hetero) is 1. The van der Waals surface area contributed by atoms with Gasteiger partial charge in [0.05, 0.1) is 6.54 Å². The molecule has 0 atom stereocenters. The Morgan fingerprint density at radius 3 is 2.63 bits per heavy atom. The third-order valence-electron chi connectivity index (χ3n) is 5.99. The van der Waals surface area contributed by atoms with Crippen LogP contribution in [0.15, 0.2) is 12.1 Å². The SMILES string of the molecule is O=C(O)CN1CCC(C(=O)CCCCCc2ccc3c(n2)CCCC3)CC1. The van der Waals surface area contributed by atoms with Gasteiger partial charge in [-0.25, -0.2) is 0 Å². The van der Waals surface area contributed by atoms with E-state index in [1.807, 2.05) is 4.90 Å². The van der Waals surface area contributed by atoms with Gasteiger partial charge in [-0.1, -0.05) is 12.5 Å².